The third-order valence-electron chi connectivity index (χ3n) is 2.25. The van der Waals surface area contributed by atoms with Crippen molar-refractivity contribution in [3.8, 4) is 12.3 Å². The van der Waals surface area contributed by atoms with E-state index in [0.717, 1.165) is 0 Å². The lowest BCUT2D eigenvalue weighted by molar-refractivity contribution is -0.287. The number of hydrogen-bond acceptors (Lipinski definition) is 3. The maximum atomic E-state index is 5.81. The van der Waals surface area contributed by atoms with Crippen LogP contribution >= 0.6 is 22.6 Å². The third kappa shape index (κ3) is 3.91. The molecular formula is C11H17IO3. The first-order chi connectivity index (χ1) is 6.87. The van der Waals surface area contributed by atoms with E-state index in [1.807, 2.05) is 13.8 Å². The summed E-state index contributed by atoms with van der Waals surface area (Å²) in [4.78, 5) is 0. The van der Waals surface area contributed by atoms with Crippen LogP contribution in [-0.4, -0.2) is 35.1 Å². The van der Waals surface area contributed by atoms with E-state index in [1.54, 1.807) is 0 Å². The van der Waals surface area contributed by atoms with Crippen molar-refractivity contribution in [1.82, 2.24) is 0 Å². The topological polar surface area (TPSA) is 27.7 Å². The summed E-state index contributed by atoms with van der Waals surface area (Å²) in [6.45, 7) is 7.40. The minimum absolute atomic E-state index is 0.00944. The fraction of sp³-hybridized carbons (Fsp3) is 0.818. The summed E-state index contributed by atoms with van der Waals surface area (Å²) in [7, 11) is 0. The highest BCUT2D eigenvalue weighted by atomic mass is 127. The van der Waals surface area contributed by atoms with Gasteiger partial charge in [-0.15, -0.1) is 6.42 Å². The highest BCUT2D eigenvalue weighted by molar-refractivity contribution is 14.1. The molecule has 0 bridgehead atoms. The Kier molecular flexibility index (Phi) is 4.41. The van der Waals surface area contributed by atoms with Gasteiger partial charge >= 0.3 is 0 Å². The lowest BCUT2D eigenvalue weighted by Crippen LogP contribution is -2.54. The minimum Gasteiger partial charge on any atom is -0.366 e. The van der Waals surface area contributed by atoms with E-state index >= 15 is 0 Å². The molecule has 0 aliphatic carbocycles. The van der Waals surface area contributed by atoms with E-state index < -0.39 is 5.79 Å². The normalized spacial score (nSPS) is 34.7. The van der Waals surface area contributed by atoms with E-state index in [4.69, 9.17) is 20.6 Å². The first kappa shape index (κ1) is 13.2. The zero-order valence-corrected chi connectivity index (χ0v) is 11.5. The summed E-state index contributed by atoms with van der Waals surface area (Å²) in [6.07, 6.45) is 5.13. The van der Waals surface area contributed by atoms with Crippen molar-refractivity contribution >= 4 is 22.6 Å². The molecule has 2 unspecified atom stereocenters. The van der Waals surface area contributed by atoms with Gasteiger partial charge in [-0.05, 0) is 20.8 Å². The molecule has 1 fully saturated rings. The van der Waals surface area contributed by atoms with E-state index in [9.17, 15) is 0 Å². The standard InChI is InChI=1S/C11H17IO3/c1-5-6-13-7-9-11(4,12)8-14-10(2,3)15-9/h1,9H,6-8H2,2-4H3. The largest absolute Gasteiger partial charge is 0.366 e. The number of alkyl halides is 1. The van der Waals surface area contributed by atoms with Crippen molar-refractivity contribution in [2.45, 2.75) is 36.1 Å². The van der Waals surface area contributed by atoms with E-state index in [1.165, 1.54) is 0 Å². The molecule has 86 valence electrons. The average Bonchev–Trinajstić information content (AvgIpc) is 2.12. The van der Waals surface area contributed by atoms with Crippen molar-refractivity contribution in [3.05, 3.63) is 0 Å². The Balaban J connectivity index is 2.54. The molecule has 1 heterocycles. The van der Waals surface area contributed by atoms with Crippen molar-refractivity contribution in [2.24, 2.45) is 0 Å². The smallest absolute Gasteiger partial charge is 0.163 e. The summed E-state index contributed by atoms with van der Waals surface area (Å²) in [5, 5.41) is 0. The van der Waals surface area contributed by atoms with Crippen LogP contribution in [0, 0.1) is 12.3 Å². The molecule has 0 radical (unpaired) electrons. The fourth-order valence-corrected chi connectivity index (χ4v) is 1.80. The zero-order valence-electron chi connectivity index (χ0n) is 9.38. The van der Waals surface area contributed by atoms with Gasteiger partial charge in [0.2, 0.25) is 0 Å². The van der Waals surface area contributed by atoms with E-state index in [-0.39, 0.29) is 9.53 Å². The van der Waals surface area contributed by atoms with Gasteiger partial charge in [-0.1, -0.05) is 28.5 Å². The maximum Gasteiger partial charge on any atom is 0.163 e. The molecule has 0 aromatic carbocycles. The van der Waals surface area contributed by atoms with Crippen LogP contribution in [0.15, 0.2) is 0 Å². The van der Waals surface area contributed by atoms with Gasteiger partial charge in [0.05, 0.1) is 16.6 Å². The Morgan fingerprint density at radius 1 is 1.53 bits per heavy atom. The first-order valence-corrected chi connectivity index (χ1v) is 5.97. The lowest BCUT2D eigenvalue weighted by atomic mass is 10.0. The van der Waals surface area contributed by atoms with Crippen molar-refractivity contribution < 1.29 is 14.2 Å². The van der Waals surface area contributed by atoms with Gasteiger partial charge in [-0.2, -0.15) is 0 Å². The minimum atomic E-state index is -0.533. The molecule has 0 N–H and O–H groups in total. The summed E-state index contributed by atoms with van der Waals surface area (Å²) in [5.74, 6) is 1.91. The molecule has 1 aliphatic rings. The molecule has 4 heteroatoms. The molecule has 0 saturated carbocycles. The summed E-state index contributed by atoms with van der Waals surface area (Å²) >= 11 is 2.34. The van der Waals surface area contributed by atoms with E-state index in [2.05, 4.69) is 35.4 Å². The second kappa shape index (κ2) is 5.00. The Morgan fingerprint density at radius 3 is 2.80 bits per heavy atom. The van der Waals surface area contributed by atoms with Crippen molar-refractivity contribution in [2.75, 3.05) is 19.8 Å². The molecule has 1 aliphatic heterocycles. The average molecular weight is 324 g/mol. The highest BCUT2D eigenvalue weighted by Gasteiger charge is 2.43. The SMILES string of the molecule is C#CCOCC1OC(C)(C)OCC1(C)I. The van der Waals surface area contributed by atoms with Gasteiger partial charge in [0, 0.05) is 0 Å². The second-order valence-corrected chi connectivity index (χ2v) is 6.76. The molecule has 0 amide bonds. The van der Waals surface area contributed by atoms with Crippen LogP contribution in [-0.2, 0) is 14.2 Å². The lowest BCUT2D eigenvalue weighted by Gasteiger charge is -2.44. The van der Waals surface area contributed by atoms with Crippen LogP contribution < -0.4 is 0 Å². The molecular weight excluding hydrogens is 307 g/mol. The monoisotopic (exact) mass is 324 g/mol. The van der Waals surface area contributed by atoms with Gasteiger partial charge in [-0.25, -0.2) is 0 Å². The molecule has 2 atom stereocenters. The van der Waals surface area contributed by atoms with Crippen LogP contribution in [0.1, 0.15) is 20.8 Å². The van der Waals surface area contributed by atoms with Crippen molar-refractivity contribution in [3.63, 3.8) is 0 Å². The van der Waals surface area contributed by atoms with Crippen LogP contribution in [0.3, 0.4) is 0 Å². The van der Waals surface area contributed by atoms with Crippen LogP contribution in [0.2, 0.25) is 0 Å². The van der Waals surface area contributed by atoms with Crippen molar-refractivity contribution in [1.29, 1.82) is 0 Å². The third-order valence-corrected chi connectivity index (χ3v) is 3.26. The first-order valence-electron chi connectivity index (χ1n) is 4.89. The maximum absolute atomic E-state index is 5.81. The van der Waals surface area contributed by atoms with Gasteiger partial charge in [0.15, 0.2) is 5.79 Å². The zero-order chi connectivity index (χ0) is 11.5. The Morgan fingerprint density at radius 2 is 2.20 bits per heavy atom. The molecule has 0 aromatic heterocycles. The van der Waals surface area contributed by atoms with Gasteiger partial charge in [-0.3, -0.25) is 0 Å². The summed E-state index contributed by atoms with van der Waals surface area (Å²) in [6, 6.07) is 0. The Bertz CT molecular complexity index is 255. The van der Waals surface area contributed by atoms with Gasteiger partial charge in [0.25, 0.3) is 0 Å². The summed E-state index contributed by atoms with van der Waals surface area (Å²) < 4.78 is 16.7. The molecule has 1 saturated heterocycles. The van der Waals surface area contributed by atoms with E-state index in [0.29, 0.717) is 19.8 Å². The molecule has 0 aromatic rings. The quantitative estimate of drug-likeness (QED) is 0.344. The number of terminal acetylenes is 1. The Labute approximate surface area is 105 Å². The molecule has 15 heavy (non-hydrogen) atoms. The molecule has 1 rings (SSSR count). The van der Waals surface area contributed by atoms with Crippen LogP contribution in [0.4, 0.5) is 0 Å². The molecule has 0 spiro atoms. The van der Waals surface area contributed by atoms with Gasteiger partial charge < -0.3 is 14.2 Å². The Hall–Kier alpha value is 0.170. The van der Waals surface area contributed by atoms with Crippen LogP contribution in [0.25, 0.3) is 0 Å². The highest BCUT2D eigenvalue weighted by Crippen LogP contribution is 2.35. The second-order valence-electron chi connectivity index (χ2n) is 4.29. The number of rotatable bonds is 3. The fourth-order valence-electron chi connectivity index (χ4n) is 1.34. The van der Waals surface area contributed by atoms with Gasteiger partial charge in [0.1, 0.15) is 12.7 Å². The van der Waals surface area contributed by atoms with Crippen LogP contribution in [0.5, 0.6) is 0 Å². The predicted molar refractivity (Wildman–Crippen MR) is 67.0 cm³/mol. The summed E-state index contributed by atoms with van der Waals surface area (Å²) in [5.41, 5.74) is 0. The predicted octanol–water partition coefficient (Wildman–Crippen LogP) is 1.98. The number of halogens is 1. The number of ether oxygens (including phenoxy) is 3. The number of hydrogen-bond donors (Lipinski definition) is 0. The molecule has 3 nitrogen and oxygen atoms in total.